The molecule has 0 amide bonds. The summed E-state index contributed by atoms with van der Waals surface area (Å²) in [4.78, 5) is 2.22. The molecule has 1 aliphatic rings. The average molecular weight is 343 g/mol. The molecule has 0 aliphatic carbocycles. The van der Waals surface area contributed by atoms with E-state index in [0.29, 0.717) is 39.4 Å². The number of benzene rings is 1. The Labute approximate surface area is 138 Å². The van der Waals surface area contributed by atoms with Crippen LogP contribution in [0.3, 0.4) is 0 Å². The predicted octanol–water partition coefficient (Wildman–Crippen LogP) is 0.553. The van der Waals surface area contributed by atoms with Crippen LogP contribution in [0.2, 0.25) is 0 Å². The molecule has 1 aromatic carbocycles. The van der Waals surface area contributed by atoms with Gasteiger partial charge in [0.05, 0.1) is 13.7 Å². The van der Waals surface area contributed by atoms with E-state index in [9.17, 15) is 8.42 Å². The molecule has 8 heteroatoms. The smallest absolute Gasteiger partial charge is 0.276 e. The van der Waals surface area contributed by atoms with Crippen LogP contribution in [-0.4, -0.2) is 57.5 Å². The minimum Gasteiger partial charge on any atom is -0.496 e. The van der Waals surface area contributed by atoms with Gasteiger partial charge in [0.2, 0.25) is 0 Å². The Morgan fingerprint density at radius 3 is 2.48 bits per heavy atom. The first-order valence-corrected chi connectivity index (χ1v) is 9.18. The minimum atomic E-state index is -3.57. The van der Waals surface area contributed by atoms with Crippen LogP contribution in [-0.2, 0) is 28.1 Å². The summed E-state index contributed by atoms with van der Waals surface area (Å²) in [6, 6.07) is 6.06. The van der Waals surface area contributed by atoms with Gasteiger partial charge in [-0.15, -0.1) is 0 Å². The molecule has 2 rings (SSSR count). The summed E-state index contributed by atoms with van der Waals surface area (Å²) in [6.45, 7) is 6.10. The summed E-state index contributed by atoms with van der Waals surface area (Å²) >= 11 is 0. The first-order valence-electron chi connectivity index (χ1n) is 7.67. The Balaban J connectivity index is 1.98. The first kappa shape index (κ1) is 18.2. The first-order chi connectivity index (χ1) is 10.9. The van der Waals surface area contributed by atoms with Gasteiger partial charge in [0.1, 0.15) is 5.75 Å². The van der Waals surface area contributed by atoms with Crippen molar-refractivity contribution in [2.75, 3.05) is 39.9 Å². The fourth-order valence-corrected chi connectivity index (χ4v) is 3.33. The number of hydrogen-bond acceptors (Lipinski definition) is 5. The fraction of sp³-hybridized carbons (Fsp3) is 0.600. The largest absolute Gasteiger partial charge is 0.496 e. The molecule has 1 heterocycles. The maximum atomic E-state index is 11.3. The van der Waals surface area contributed by atoms with Crippen LogP contribution in [0.4, 0.5) is 0 Å². The lowest BCUT2D eigenvalue weighted by Crippen LogP contribution is -2.50. The monoisotopic (exact) mass is 343 g/mol. The lowest BCUT2D eigenvalue weighted by atomic mass is 10.1. The van der Waals surface area contributed by atoms with Crippen molar-refractivity contribution in [1.29, 1.82) is 0 Å². The Hall–Kier alpha value is -1.19. The van der Waals surface area contributed by atoms with Crippen LogP contribution in [0, 0.1) is 0 Å². The normalized spacial score (nSPS) is 17.3. The zero-order chi connectivity index (χ0) is 16.9. The second-order valence-electron chi connectivity index (χ2n) is 5.50. The zero-order valence-electron chi connectivity index (χ0n) is 13.7. The van der Waals surface area contributed by atoms with Crippen LogP contribution in [0.1, 0.15) is 18.1 Å². The van der Waals surface area contributed by atoms with Gasteiger partial charge in [-0.3, -0.25) is 4.90 Å². The van der Waals surface area contributed by atoms with Crippen molar-refractivity contribution in [3.05, 3.63) is 29.3 Å². The fourth-order valence-electron chi connectivity index (χ4n) is 2.66. The highest BCUT2D eigenvalue weighted by Gasteiger charge is 2.23. The van der Waals surface area contributed by atoms with Crippen molar-refractivity contribution < 1.29 is 17.9 Å². The van der Waals surface area contributed by atoms with Crippen LogP contribution in [0.15, 0.2) is 18.2 Å². The Kier molecular flexibility index (Phi) is 6.37. The number of ether oxygens (including phenoxy) is 2. The molecule has 1 fully saturated rings. The highest BCUT2D eigenvalue weighted by molar-refractivity contribution is 7.86. The van der Waals surface area contributed by atoms with E-state index in [2.05, 4.69) is 11.0 Å². The lowest BCUT2D eigenvalue weighted by molar-refractivity contribution is 0.131. The zero-order valence-corrected chi connectivity index (χ0v) is 14.5. The Morgan fingerprint density at radius 2 is 1.91 bits per heavy atom. The molecular formula is C15H25N3O4S. The van der Waals surface area contributed by atoms with Crippen molar-refractivity contribution in [1.82, 2.24) is 9.21 Å². The van der Waals surface area contributed by atoms with Crippen molar-refractivity contribution >= 4 is 10.2 Å². The standard InChI is InChI=1S/C15H25N3O4S/c1-3-22-12-14-10-13(4-5-15(14)21-2)11-17-6-8-18(9-7-17)23(16,19)20/h4-5,10H,3,6-9,11-12H2,1-2H3,(H2,16,19,20). The minimum absolute atomic E-state index is 0.431. The van der Waals surface area contributed by atoms with E-state index in [1.165, 1.54) is 4.31 Å². The molecule has 130 valence electrons. The third-order valence-electron chi connectivity index (χ3n) is 3.90. The van der Waals surface area contributed by atoms with E-state index in [1.54, 1.807) is 7.11 Å². The number of rotatable bonds is 7. The summed E-state index contributed by atoms with van der Waals surface area (Å²) in [5.74, 6) is 0.821. The van der Waals surface area contributed by atoms with E-state index < -0.39 is 10.2 Å². The molecule has 0 aromatic heterocycles. The van der Waals surface area contributed by atoms with Gasteiger partial charge in [-0.25, -0.2) is 5.14 Å². The van der Waals surface area contributed by atoms with Gasteiger partial charge in [0, 0.05) is 44.9 Å². The molecule has 0 atom stereocenters. The van der Waals surface area contributed by atoms with Crippen molar-refractivity contribution in [3.8, 4) is 5.75 Å². The van der Waals surface area contributed by atoms with E-state index in [1.807, 2.05) is 19.1 Å². The second-order valence-corrected chi connectivity index (χ2v) is 7.05. The number of hydrogen-bond donors (Lipinski definition) is 1. The summed E-state index contributed by atoms with van der Waals surface area (Å²) < 4.78 is 34.8. The van der Waals surface area contributed by atoms with Gasteiger partial charge in [0.25, 0.3) is 10.2 Å². The van der Waals surface area contributed by atoms with Gasteiger partial charge in [0.15, 0.2) is 0 Å². The highest BCUT2D eigenvalue weighted by Crippen LogP contribution is 2.22. The molecule has 2 N–H and O–H groups in total. The third-order valence-corrected chi connectivity index (χ3v) is 4.99. The summed E-state index contributed by atoms with van der Waals surface area (Å²) in [5, 5.41) is 5.16. The molecule has 7 nitrogen and oxygen atoms in total. The van der Waals surface area contributed by atoms with Crippen molar-refractivity contribution in [3.63, 3.8) is 0 Å². The Bertz CT molecular complexity index is 613. The maximum absolute atomic E-state index is 11.3. The van der Waals surface area contributed by atoms with Crippen molar-refractivity contribution in [2.45, 2.75) is 20.1 Å². The maximum Gasteiger partial charge on any atom is 0.276 e. The van der Waals surface area contributed by atoms with E-state index in [0.717, 1.165) is 23.4 Å². The van der Waals surface area contributed by atoms with Crippen molar-refractivity contribution in [2.24, 2.45) is 5.14 Å². The SMILES string of the molecule is CCOCc1cc(CN2CCN(S(N)(=O)=O)CC2)ccc1OC. The van der Waals surface area contributed by atoms with Gasteiger partial charge in [-0.05, 0) is 24.6 Å². The highest BCUT2D eigenvalue weighted by atomic mass is 32.2. The molecule has 0 bridgehead atoms. The summed E-state index contributed by atoms with van der Waals surface area (Å²) in [5.41, 5.74) is 2.18. The van der Waals surface area contributed by atoms with Crippen LogP contribution in [0.5, 0.6) is 5.75 Å². The molecule has 0 spiro atoms. The molecule has 1 aromatic rings. The summed E-state index contributed by atoms with van der Waals surface area (Å²) in [6.07, 6.45) is 0. The van der Waals surface area contributed by atoms with E-state index in [-0.39, 0.29) is 0 Å². The predicted molar refractivity (Wildman–Crippen MR) is 88.3 cm³/mol. The number of methoxy groups -OCH3 is 1. The van der Waals surface area contributed by atoms with Gasteiger partial charge in [-0.1, -0.05) is 6.07 Å². The third kappa shape index (κ3) is 5.15. The number of nitrogens with zero attached hydrogens (tertiary/aromatic N) is 2. The molecule has 0 saturated carbocycles. The van der Waals surface area contributed by atoms with E-state index in [4.69, 9.17) is 14.6 Å². The van der Waals surface area contributed by atoms with Gasteiger partial charge < -0.3 is 9.47 Å². The molecule has 0 radical (unpaired) electrons. The van der Waals surface area contributed by atoms with Crippen LogP contribution >= 0.6 is 0 Å². The molecular weight excluding hydrogens is 318 g/mol. The van der Waals surface area contributed by atoms with Crippen LogP contribution in [0.25, 0.3) is 0 Å². The molecule has 1 saturated heterocycles. The van der Waals surface area contributed by atoms with E-state index >= 15 is 0 Å². The average Bonchev–Trinajstić information content (AvgIpc) is 2.53. The molecule has 1 aliphatic heterocycles. The second kappa shape index (κ2) is 8.07. The van der Waals surface area contributed by atoms with Gasteiger partial charge >= 0.3 is 0 Å². The number of nitrogens with two attached hydrogens (primary N) is 1. The van der Waals surface area contributed by atoms with Crippen LogP contribution < -0.4 is 9.88 Å². The molecule has 23 heavy (non-hydrogen) atoms. The number of piperazine rings is 1. The quantitative estimate of drug-likeness (QED) is 0.782. The Morgan fingerprint density at radius 1 is 1.22 bits per heavy atom. The van der Waals surface area contributed by atoms with Gasteiger partial charge in [-0.2, -0.15) is 12.7 Å². The lowest BCUT2D eigenvalue weighted by Gasteiger charge is -2.33. The summed E-state index contributed by atoms with van der Waals surface area (Å²) in [7, 11) is -1.92. The topological polar surface area (TPSA) is 85.1 Å². The molecule has 0 unspecified atom stereocenters.